The van der Waals surface area contributed by atoms with Crippen LogP contribution in [0.3, 0.4) is 0 Å². The summed E-state index contributed by atoms with van der Waals surface area (Å²) in [6.07, 6.45) is -2.81. The van der Waals surface area contributed by atoms with Gasteiger partial charge in [0.1, 0.15) is 6.10 Å². The van der Waals surface area contributed by atoms with Gasteiger partial charge in [0.05, 0.1) is 0 Å². The first-order valence-electron chi connectivity index (χ1n) is 6.29. The lowest BCUT2D eigenvalue weighted by Gasteiger charge is -2.22. The van der Waals surface area contributed by atoms with E-state index >= 15 is 0 Å². The van der Waals surface area contributed by atoms with Crippen molar-refractivity contribution in [2.75, 3.05) is 0 Å². The van der Waals surface area contributed by atoms with E-state index in [1.807, 2.05) is 0 Å². The molecule has 4 atom stereocenters. The monoisotopic (exact) mass is 316 g/mol. The summed E-state index contributed by atoms with van der Waals surface area (Å²) in [6.45, 7) is 3.37. The molecule has 0 amide bonds. The molecule has 1 aliphatic heterocycles. The van der Waals surface area contributed by atoms with Crippen molar-refractivity contribution < 1.29 is 43.2 Å². The summed E-state index contributed by atoms with van der Waals surface area (Å²) < 4.78 is 20.1. The van der Waals surface area contributed by atoms with Gasteiger partial charge in [-0.25, -0.2) is 4.79 Å². The zero-order chi connectivity index (χ0) is 16.9. The van der Waals surface area contributed by atoms with E-state index < -0.39 is 48.5 Å². The van der Waals surface area contributed by atoms with Crippen molar-refractivity contribution in [2.45, 2.75) is 45.4 Å². The van der Waals surface area contributed by atoms with E-state index in [-0.39, 0.29) is 0 Å². The van der Waals surface area contributed by atoms with Crippen LogP contribution in [0.15, 0.2) is 12.2 Å². The van der Waals surface area contributed by atoms with E-state index in [0.29, 0.717) is 0 Å². The average Bonchev–Trinajstić information content (AvgIpc) is 2.63. The highest BCUT2D eigenvalue weighted by atomic mass is 16.7. The number of ether oxygens (including phenoxy) is 4. The zero-order valence-electron chi connectivity index (χ0n) is 12.2. The molecule has 22 heavy (non-hydrogen) atoms. The number of carboxylic acids is 1. The topological polar surface area (TPSA) is 125 Å². The Kier molecular flexibility index (Phi) is 6.05. The summed E-state index contributed by atoms with van der Waals surface area (Å²) in [7, 11) is 0. The van der Waals surface area contributed by atoms with E-state index in [9.17, 15) is 19.2 Å². The molecule has 0 aromatic rings. The minimum atomic E-state index is -1.31. The molecular formula is C13H16O9. The minimum Gasteiger partial charge on any atom is -0.478 e. The number of aliphatic carboxylic acids is 1. The predicted molar refractivity (Wildman–Crippen MR) is 68.3 cm³/mol. The van der Waals surface area contributed by atoms with Gasteiger partial charge in [-0.1, -0.05) is 0 Å². The normalized spacial score (nSPS) is 27.4. The van der Waals surface area contributed by atoms with Gasteiger partial charge in [-0.3, -0.25) is 14.4 Å². The molecule has 1 N–H and O–H groups in total. The molecule has 0 aromatic heterocycles. The van der Waals surface area contributed by atoms with Crippen LogP contribution >= 0.6 is 0 Å². The molecule has 1 heterocycles. The highest BCUT2D eigenvalue weighted by molar-refractivity contribution is 5.79. The molecular weight excluding hydrogens is 300 g/mol. The average molecular weight is 316 g/mol. The first kappa shape index (κ1) is 17.6. The second-order valence-corrected chi connectivity index (χ2v) is 4.42. The van der Waals surface area contributed by atoms with Gasteiger partial charge in [-0.05, 0) is 6.08 Å². The molecule has 122 valence electrons. The molecule has 0 aliphatic carbocycles. The highest BCUT2D eigenvalue weighted by Gasteiger charge is 2.50. The van der Waals surface area contributed by atoms with Crippen LogP contribution in [0.1, 0.15) is 20.8 Å². The summed E-state index contributed by atoms with van der Waals surface area (Å²) in [4.78, 5) is 44.0. The molecule has 1 saturated heterocycles. The molecule has 0 bridgehead atoms. The van der Waals surface area contributed by atoms with Gasteiger partial charge in [-0.15, -0.1) is 0 Å². The van der Waals surface area contributed by atoms with Gasteiger partial charge in [0.25, 0.3) is 0 Å². The van der Waals surface area contributed by atoms with Gasteiger partial charge < -0.3 is 24.1 Å². The van der Waals surface area contributed by atoms with Crippen molar-refractivity contribution in [2.24, 2.45) is 0 Å². The molecule has 1 rings (SSSR count). The molecule has 9 nitrogen and oxygen atoms in total. The lowest BCUT2D eigenvalue weighted by atomic mass is 10.1. The van der Waals surface area contributed by atoms with Crippen molar-refractivity contribution in [1.82, 2.24) is 0 Å². The van der Waals surface area contributed by atoms with Crippen molar-refractivity contribution in [3.05, 3.63) is 12.2 Å². The Morgan fingerprint density at radius 3 is 1.86 bits per heavy atom. The first-order chi connectivity index (χ1) is 10.2. The SMILES string of the molecule is CC(=O)O[C@@H]1O[C@H](/C=C/C(=O)O)[C@@H](OC(C)=O)[C@H]1OC(C)=O. The Bertz CT molecular complexity index is 496. The summed E-state index contributed by atoms with van der Waals surface area (Å²) in [5.74, 6) is -3.34. The van der Waals surface area contributed by atoms with Crippen molar-refractivity contribution in [3.63, 3.8) is 0 Å². The molecule has 0 spiro atoms. The number of hydrogen-bond donors (Lipinski definition) is 1. The molecule has 0 unspecified atom stereocenters. The fourth-order valence-electron chi connectivity index (χ4n) is 1.88. The Hall–Kier alpha value is -2.42. The van der Waals surface area contributed by atoms with E-state index in [1.165, 1.54) is 0 Å². The second kappa shape index (κ2) is 7.55. The zero-order valence-corrected chi connectivity index (χ0v) is 12.2. The van der Waals surface area contributed by atoms with E-state index in [2.05, 4.69) is 0 Å². The predicted octanol–water partition coefficient (Wildman–Crippen LogP) is -0.221. The maximum Gasteiger partial charge on any atom is 0.328 e. The van der Waals surface area contributed by atoms with Gasteiger partial charge in [-0.2, -0.15) is 0 Å². The van der Waals surface area contributed by atoms with Crippen LogP contribution in [0.4, 0.5) is 0 Å². The van der Waals surface area contributed by atoms with Crippen LogP contribution in [-0.4, -0.2) is 53.6 Å². The summed E-state index contributed by atoms with van der Waals surface area (Å²) in [5, 5.41) is 8.64. The summed E-state index contributed by atoms with van der Waals surface area (Å²) in [6, 6.07) is 0. The Morgan fingerprint density at radius 1 is 0.909 bits per heavy atom. The minimum absolute atomic E-state index is 0.692. The number of rotatable bonds is 5. The number of hydrogen-bond acceptors (Lipinski definition) is 8. The largest absolute Gasteiger partial charge is 0.478 e. The maximum atomic E-state index is 11.2. The maximum absolute atomic E-state index is 11.2. The Balaban J connectivity index is 3.04. The highest BCUT2D eigenvalue weighted by Crippen LogP contribution is 2.29. The molecule has 0 radical (unpaired) electrons. The third-order valence-corrected chi connectivity index (χ3v) is 2.52. The van der Waals surface area contributed by atoms with Crippen LogP contribution < -0.4 is 0 Å². The van der Waals surface area contributed by atoms with Crippen LogP contribution in [0.5, 0.6) is 0 Å². The van der Waals surface area contributed by atoms with E-state index in [0.717, 1.165) is 32.9 Å². The van der Waals surface area contributed by atoms with Gasteiger partial charge in [0.2, 0.25) is 12.4 Å². The summed E-state index contributed by atoms with van der Waals surface area (Å²) >= 11 is 0. The van der Waals surface area contributed by atoms with Gasteiger partial charge in [0.15, 0.2) is 6.10 Å². The van der Waals surface area contributed by atoms with Gasteiger partial charge >= 0.3 is 23.9 Å². The number of esters is 3. The van der Waals surface area contributed by atoms with Crippen LogP contribution in [0.2, 0.25) is 0 Å². The summed E-state index contributed by atoms with van der Waals surface area (Å²) in [5.41, 5.74) is 0. The van der Waals surface area contributed by atoms with Crippen LogP contribution in [0, 0.1) is 0 Å². The standard InChI is InChI=1S/C13H16O9/c1-6(14)19-11-9(4-5-10(17)18)22-13(21-8(3)16)12(11)20-7(2)15/h4-5,9,11-13H,1-3H3,(H,17,18)/b5-4+/t9-,11-,12-,13-/m1/s1. The molecule has 1 aliphatic rings. The number of carbonyl (C=O) groups is 4. The lowest BCUT2D eigenvalue weighted by molar-refractivity contribution is -0.194. The lowest BCUT2D eigenvalue weighted by Crippen LogP contribution is -2.40. The number of carbonyl (C=O) groups excluding carboxylic acids is 3. The van der Waals surface area contributed by atoms with E-state index in [1.54, 1.807) is 0 Å². The molecule has 0 aromatic carbocycles. The first-order valence-corrected chi connectivity index (χ1v) is 6.29. The molecule has 1 fully saturated rings. The van der Waals surface area contributed by atoms with Gasteiger partial charge in [0, 0.05) is 26.8 Å². The molecule has 9 heteroatoms. The van der Waals surface area contributed by atoms with Crippen molar-refractivity contribution in [1.29, 1.82) is 0 Å². The van der Waals surface area contributed by atoms with Crippen LogP contribution in [0.25, 0.3) is 0 Å². The quantitative estimate of drug-likeness (QED) is 0.416. The van der Waals surface area contributed by atoms with Crippen LogP contribution in [-0.2, 0) is 38.1 Å². The number of carboxylic acid groups (broad SMARTS) is 1. The third-order valence-electron chi connectivity index (χ3n) is 2.52. The van der Waals surface area contributed by atoms with Crippen molar-refractivity contribution in [3.8, 4) is 0 Å². The van der Waals surface area contributed by atoms with E-state index in [4.69, 9.17) is 24.1 Å². The smallest absolute Gasteiger partial charge is 0.328 e. The second-order valence-electron chi connectivity index (χ2n) is 4.42. The fourth-order valence-corrected chi connectivity index (χ4v) is 1.88. The Labute approximate surface area is 125 Å². The third kappa shape index (κ3) is 5.17. The molecule has 0 saturated carbocycles. The Morgan fingerprint density at radius 2 is 1.41 bits per heavy atom. The van der Waals surface area contributed by atoms with Crippen molar-refractivity contribution >= 4 is 23.9 Å². The fraction of sp³-hybridized carbons (Fsp3) is 0.538.